The Morgan fingerprint density at radius 2 is 2.29 bits per heavy atom. The Hall–Kier alpha value is -1.06. The molecule has 76 valence electrons. The molecule has 0 aliphatic heterocycles. The van der Waals surface area contributed by atoms with Crippen molar-refractivity contribution < 1.29 is 5.11 Å². The SMILES string of the molecule is NCCCN=Cc1cc(Cl)ccc1O. The van der Waals surface area contributed by atoms with Crippen LogP contribution in [0.4, 0.5) is 0 Å². The van der Waals surface area contributed by atoms with Crippen LogP contribution in [0.15, 0.2) is 23.2 Å². The topological polar surface area (TPSA) is 58.6 Å². The molecule has 0 heterocycles. The fourth-order valence-corrected chi connectivity index (χ4v) is 1.15. The van der Waals surface area contributed by atoms with Crippen molar-refractivity contribution in [3.8, 4) is 5.75 Å². The molecule has 0 atom stereocenters. The van der Waals surface area contributed by atoms with Gasteiger partial charge in [0.2, 0.25) is 0 Å². The molecule has 14 heavy (non-hydrogen) atoms. The Kier molecular flexibility index (Phi) is 4.43. The average Bonchev–Trinajstić information content (AvgIpc) is 2.18. The van der Waals surface area contributed by atoms with Crippen molar-refractivity contribution in [2.24, 2.45) is 10.7 Å². The summed E-state index contributed by atoms with van der Waals surface area (Å²) in [5, 5.41) is 10.0. The Labute approximate surface area is 88.2 Å². The minimum atomic E-state index is 0.186. The zero-order chi connectivity index (χ0) is 10.4. The molecule has 0 amide bonds. The fourth-order valence-electron chi connectivity index (χ4n) is 0.974. The van der Waals surface area contributed by atoms with E-state index in [-0.39, 0.29) is 5.75 Å². The summed E-state index contributed by atoms with van der Waals surface area (Å²) in [4.78, 5) is 4.11. The molecule has 4 heteroatoms. The van der Waals surface area contributed by atoms with Crippen LogP contribution in [0.5, 0.6) is 5.75 Å². The van der Waals surface area contributed by atoms with Crippen molar-refractivity contribution in [3.63, 3.8) is 0 Å². The highest BCUT2D eigenvalue weighted by Crippen LogP contribution is 2.19. The Bertz CT molecular complexity index is 326. The number of nitrogens with zero attached hydrogens (tertiary/aromatic N) is 1. The number of halogens is 1. The number of phenolic OH excluding ortho intramolecular Hbond substituents is 1. The molecular formula is C10H13ClN2O. The second-order valence-electron chi connectivity index (χ2n) is 2.88. The lowest BCUT2D eigenvalue weighted by atomic mass is 10.2. The van der Waals surface area contributed by atoms with Gasteiger partial charge in [-0.25, -0.2) is 0 Å². The average molecular weight is 213 g/mol. The first kappa shape index (κ1) is 11.0. The maximum absolute atomic E-state index is 9.42. The molecule has 0 unspecified atom stereocenters. The van der Waals surface area contributed by atoms with E-state index in [4.69, 9.17) is 17.3 Å². The van der Waals surface area contributed by atoms with E-state index in [1.807, 2.05) is 0 Å². The zero-order valence-electron chi connectivity index (χ0n) is 7.78. The van der Waals surface area contributed by atoms with Gasteiger partial charge in [0.15, 0.2) is 0 Å². The van der Waals surface area contributed by atoms with Gasteiger partial charge in [-0.1, -0.05) is 11.6 Å². The van der Waals surface area contributed by atoms with E-state index in [0.29, 0.717) is 23.7 Å². The van der Waals surface area contributed by atoms with Crippen LogP contribution in [0.1, 0.15) is 12.0 Å². The summed E-state index contributed by atoms with van der Waals surface area (Å²) in [5.41, 5.74) is 5.95. The van der Waals surface area contributed by atoms with Gasteiger partial charge in [-0.3, -0.25) is 4.99 Å². The third kappa shape index (κ3) is 3.36. The molecule has 0 fully saturated rings. The number of nitrogens with two attached hydrogens (primary N) is 1. The van der Waals surface area contributed by atoms with E-state index >= 15 is 0 Å². The molecular weight excluding hydrogens is 200 g/mol. The van der Waals surface area contributed by atoms with Gasteiger partial charge >= 0.3 is 0 Å². The van der Waals surface area contributed by atoms with E-state index < -0.39 is 0 Å². The highest BCUT2D eigenvalue weighted by molar-refractivity contribution is 6.30. The summed E-state index contributed by atoms with van der Waals surface area (Å²) in [7, 11) is 0. The molecule has 0 spiro atoms. The summed E-state index contributed by atoms with van der Waals surface area (Å²) in [6, 6.07) is 4.85. The first-order valence-electron chi connectivity index (χ1n) is 4.42. The van der Waals surface area contributed by atoms with E-state index in [0.717, 1.165) is 6.42 Å². The van der Waals surface area contributed by atoms with Gasteiger partial charge in [0, 0.05) is 23.3 Å². The van der Waals surface area contributed by atoms with Crippen molar-refractivity contribution in [1.82, 2.24) is 0 Å². The van der Waals surface area contributed by atoms with E-state index in [2.05, 4.69) is 4.99 Å². The molecule has 0 radical (unpaired) electrons. The Morgan fingerprint density at radius 3 is 3.00 bits per heavy atom. The Morgan fingerprint density at radius 1 is 1.50 bits per heavy atom. The van der Waals surface area contributed by atoms with Crippen LogP contribution in [0.25, 0.3) is 0 Å². The summed E-state index contributed by atoms with van der Waals surface area (Å²) in [6.45, 7) is 1.29. The summed E-state index contributed by atoms with van der Waals surface area (Å²) >= 11 is 5.76. The van der Waals surface area contributed by atoms with Gasteiger partial charge in [-0.05, 0) is 31.2 Å². The highest BCUT2D eigenvalue weighted by atomic mass is 35.5. The lowest BCUT2D eigenvalue weighted by molar-refractivity contribution is 0.474. The molecule has 0 bridgehead atoms. The lowest BCUT2D eigenvalue weighted by Gasteiger charge is -1.98. The molecule has 1 aromatic carbocycles. The number of phenols is 1. The van der Waals surface area contributed by atoms with Gasteiger partial charge in [-0.15, -0.1) is 0 Å². The lowest BCUT2D eigenvalue weighted by Crippen LogP contribution is -2.00. The predicted molar refractivity (Wildman–Crippen MR) is 59.2 cm³/mol. The van der Waals surface area contributed by atoms with Gasteiger partial charge < -0.3 is 10.8 Å². The molecule has 1 aromatic rings. The zero-order valence-corrected chi connectivity index (χ0v) is 8.54. The Balaban J connectivity index is 2.65. The standard InChI is InChI=1S/C10H13ClN2O/c11-9-2-3-10(14)8(6-9)7-13-5-1-4-12/h2-3,6-7,14H,1,4-5,12H2. The van der Waals surface area contributed by atoms with Crippen LogP contribution in [0.2, 0.25) is 5.02 Å². The number of aliphatic imine (C=N–C) groups is 1. The maximum Gasteiger partial charge on any atom is 0.124 e. The number of aromatic hydroxyl groups is 1. The van der Waals surface area contributed by atoms with Crippen molar-refractivity contribution in [2.75, 3.05) is 13.1 Å². The van der Waals surface area contributed by atoms with E-state index in [1.165, 1.54) is 0 Å². The molecule has 0 aliphatic rings. The predicted octanol–water partition coefficient (Wildman–Crippen LogP) is 1.81. The fraction of sp³-hybridized carbons (Fsp3) is 0.300. The molecule has 0 saturated heterocycles. The van der Waals surface area contributed by atoms with Gasteiger partial charge in [-0.2, -0.15) is 0 Å². The first-order valence-corrected chi connectivity index (χ1v) is 4.80. The van der Waals surface area contributed by atoms with Crippen LogP contribution < -0.4 is 5.73 Å². The molecule has 3 N–H and O–H groups in total. The van der Waals surface area contributed by atoms with Gasteiger partial charge in [0.05, 0.1) is 0 Å². The summed E-state index contributed by atoms with van der Waals surface area (Å²) in [5.74, 6) is 0.186. The molecule has 0 aliphatic carbocycles. The van der Waals surface area contributed by atoms with Crippen LogP contribution in [0, 0.1) is 0 Å². The number of benzene rings is 1. The van der Waals surface area contributed by atoms with Crippen molar-refractivity contribution >= 4 is 17.8 Å². The normalized spacial score (nSPS) is 11.0. The van der Waals surface area contributed by atoms with E-state index in [9.17, 15) is 5.11 Å². The molecule has 1 rings (SSSR count). The van der Waals surface area contributed by atoms with E-state index in [1.54, 1.807) is 24.4 Å². The van der Waals surface area contributed by atoms with Gasteiger partial charge in [0.1, 0.15) is 5.75 Å². The smallest absolute Gasteiger partial charge is 0.124 e. The minimum Gasteiger partial charge on any atom is -0.507 e. The largest absolute Gasteiger partial charge is 0.507 e. The molecule has 0 aromatic heterocycles. The number of rotatable bonds is 4. The third-order valence-corrected chi connectivity index (χ3v) is 1.95. The quantitative estimate of drug-likeness (QED) is 0.591. The monoisotopic (exact) mass is 212 g/mol. The van der Waals surface area contributed by atoms with Crippen LogP contribution >= 0.6 is 11.6 Å². The minimum absolute atomic E-state index is 0.186. The number of hydrogen-bond acceptors (Lipinski definition) is 3. The first-order chi connectivity index (χ1) is 6.74. The highest BCUT2D eigenvalue weighted by Gasteiger charge is 1.97. The van der Waals surface area contributed by atoms with Crippen LogP contribution in [-0.4, -0.2) is 24.4 Å². The van der Waals surface area contributed by atoms with Crippen molar-refractivity contribution in [1.29, 1.82) is 0 Å². The summed E-state index contributed by atoms with van der Waals surface area (Å²) < 4.78 is 0. The maximum atomic E-state index is 9.42. The summed E-state index contributed by atoms with van der Waals surface area (Å²) in [6.07, 6.45) is 2.45. The van der Waals surface area contributed by atoms with Crippen LogP contribution in [0.3, 0.4) is 0 Å². The second kappa shape index (κ2) is 5.62. The van der Waals surface area contributed by atoms with Crippen molar-refractivity contribution in [3.05, 3.63) is 28.8 Å². The van der Waals surface area contributed by atoms with Crippen molar-refractivity contribution in [2.45, 2.75) is 6.42 Å². The molecule has 0 saturated carbocycles. The van der Waals surface area contributed by atoms with Crippen LogP contribution in [-0.2, 0) is 0 Å². The van der Waals surface area contributed by atoms with Gasteiger partial charge in [0.25, 0.3) is 0 Å². The third-order valence-electron chi connectivity index (χ3n) is 1.71. The number of hydrogen-bond donors (Lipinski definition) is 2. The second-order valence-corrected chi connectivity index (χ2v) is 3.32. The molecule has 3 nitrogen and oxygen atoms in total.